The molecule has 98 valence electrons. The Kier molecular flexibility index (Phi) is 4.32. The lowest BCUT2D eigenvalue weighted by atomic mass is 10.0. The van der Waals surface area contributed by atoms with Crippen LogP contribution in [-0.2, 0) is 6.42 Å². The second-order valence-corrected chi connectivity index (χ2v) is 5.31. The van der Waals surface area contributed by atoms with Crippen molar-refractivity contribution in [2.75, 3.05) is 0 Å². The van der Waals surface area contributed by atoms with Crippen LogP contribution < -0.4 is 0 Å². The van der Waals surface area contributed by atoms with Gasteiger partial charge in [-0.05, 0) is 30.3 Å². The summed E-state index contributed by atoms with van der Waals surface area (Å²) >= 11 is 9.04. The van der Waals surface area contributed by atoms with Crippen molar-refractivity contribution in [3.63, 3.8) is 0 Å². The minimum Gasteiger partial charge on any atom is -0.294 e. The molecule has 0 fully saturated rings. The first-order chi connectivity index (χ1) is 8.97. The normalized spacial score (nSPS) is 10.5. The second-order valence-electron chi connectivity index (χ2n) is 3.96. The van der Waals surface area contributed by atoms with Gasteiger partial charge in [0.2, 0.25) is 0 Å². The molecular formula is C14H8BrClF2O. The summed E-state index contributed by atoms with van der Waals surface area (Å²) < 4.78 is 27.6. The Morgan fingerprint density at radius 3 is 2.37 bits per heavy atom. The van der Waals surface area contributed by atoms with Gasteiger partial charge in [-0.15, -0.1) is 0 Å². The van der Waals surface area contributed by atoms with Gasteiger partial charge in [-0.3, -0.25) is 4.79 Å². The number of ketones is 1. The van der Waals surface area contributed by atoms with Crippen molar-refractivity contribution in [2.45, 2.75) is 6.42 Å². The SMILES string of the molecule is O=C(Cc1c(F)cccc1F)c1cc(Cl)cc(Br)c1. The molecule has 0 N–H and O–H groups in total. The van der Waals surface area contributed by atoms with Crippen LogP contribution in [0.4, 0.5) is 8.78 Å². The molecule has 1 nitrogen and oxygen atoms in total. The molecule has 2 rings (SSSR count). The van der Waals surface area contributed by atoms with Crippen LogP contribution in [0.25, 0.3) is 0 Å². The summed E-state index contributed by atoms with van der Waals surface area (Å²) in [5, 5.41) is 0.381. The highest BCUT2D eigenvalue weighted by molar-refractivity contribution is 9.10. The molecule has 0 bridgehead atoms. The summed E-state index contributed by atoms with van der Waals surface area (Å²) in [5.74, 6) is -1.85. The van der Waals surface area contributed by atoms with E-state index in [0.717, 1.165) is 12.1 Å². The second kappa shape index (κ2) is 5.80. The molecule has 5 heteroatoms. The van der Waals surface area contributed by atoms with Gasteiger partial charge in [0, 0.05) is 27.0 Å². The number of rotatable bonds is 3. The fourth-order valence-corrected chi connectivity index (χ4v) is 2.54. The first-order valence-corrected chi connectivity index (χ1v) is 6.56. The van der Waals surface area contributed by atoms with Crippen molar-refractivity contribution in [3.05, 3.63) is 68.7 Å². The van der Waals surface area contributed by atoms with Crippen LogP contribution in [0.2, 0.25) is 5.02 Å². The summed E-state index contributed by atoms with van der Waals surface area (Å²) in [6.07, 6.45) is -0.342. The summed E-state index contributed by atoms with van der Waals surface area (Å²) in [6.45, 7) is 0. The predicted molar refractivity (Wildman–Crippen MR) is 73.5 cm³/mol. The van der Waals surface area contributed by atoms with E-state index in [2.05, 4.69) is 15.9 Å². The van der Waals surface area contributed by atoms with Crippen molar-refractivity contribution in [3.8, 4) is 0 Å². The molecule has 0 saturated carbocycles. The van der Waals surface area contributed by atoms with Crippen LogP contribution in [0.15, 0.2) is 40.9 Å². The Hall–Kier alpha value is -1.26. The number of halogens is 4. The summed E-state index contributed by atoms with van der Waals surface area (Å²) in [6, 6.07) is 8.16. The van der Waals surface area contributed by atoms with E-state index in [9.17, 15) is 13.6 Å². The van der Waals surface area contributed by atoms with Gasteiger partial charge >= 0.3 is 0 Å². The van der Waals surface area contributed by atoms with Crippen LogP contribution in [0.3, 0.4) is 0 Å². The van der Waals surface area contributed by atoms with Crippen molar-refractivity contribution in [2.24, 2.45) is 0 Å². The number of benzene rings is 2. The van der Waals surface area contributed by atoms with E-state index in [4.69, 9.17) is 11.6 Å². The van der Waals surface area contributed by atoms with Crippen molar-refractivity contribution in [1.29, 1.82) is 0 Å². The zero-order valence-corrected chi connectivity index (χ0v) is 11.9. The van der Waals surface area contributed by atoms with Crippen LogP contribution in [0.5, 0.6) is 0 Å². The third-order valence-corrected chi connectivity index (χ3v) is 3.26. The van der Waals surface area contributed by atoms with Crippen LogP contribution in [0.1, 0.15) is 15.9 Å². The Morgan fingerprint density at radius 2 is 1.79 bits per heavy atom. The standard InChI is InChI=1S/C14H8BrClF2O/c15-9-4-8(5-10(16)6-9)14(19)7-11-12(17)2-1-3-13(11)18/h1-6H,7H2. The molecule has 0 radical (unpaired) electrons. The molecule has 0 saturated heterocycles. The third-order valence-electron chi connectivity index (χ3n) is 2.58. The Bertz CT molecular complexity index is 603. The molecule has 0 unspecified atom stereocenters. The van der Waals surface area contributed by atoms with E-state index in [1.54, 1.807) is 12.1 Å². The maximum atomic E-state index is 13.5. The van der Waals surface area contributed by atoms with Gasteiger partial charge in [0.25, 0.3) is 0 Å². The van der Waals surface area contributed by atoms with E-state index < -0.39 is 17.4 Å². The van der Waals surface area contributed by atoms with E-state index in [1.807, 2.05) is 0 Å². The largest absolute Gasteiger partial charge is 0.294 e. The first kappa shape index (κ1) is 14.2. The Balaban J connectivity index is 2.31. The average Bonchev–Trinajstić information content (AvgIpc) is 2.32. The highest BCUT2D eigenvalue weighted by Gasteiger charge is 2.15. The summed E-state index contributed by atoms with van der Waals surface area (Å²) in [7, 11) is 0. The quantitative estimate of drug-likeness (QED) is 0.730. The average molecular weight is 346 g/mol. The molecule has 19 heavy (non-hydrogen) atoms. The van der Waals surface area contributed by atoms with E-state index in [0.29, 0.717) is 15.1 Å². The van der Waals surface area contributed by atoms with Gasteiger partial charge in [0.15, 0.2) is 5.78 Å². The lowest BCUT2D eigenvalue weighted by Gasteiger charge is -2.05. The van der Waals surface area contributed by atoms with Crippen molar-refractivity contribution in [1.82, 2.24) is 0 Å². The highest BCUT2D eigenvalue weighted by Crippen LogP contribution is 2.22. The zero-order chi connectivity index (χ0) is 14.0. The molecule has 0 atom stereocenters. The van der Waals surface area contributed by atoms with Gasteiger partial charge in [0.1, 0.15) is 11.6 Å². The summed E-state index contributed by atoms with van der Waals surface area (Å²) in [5.41, 5.74) is 0.0747. The smallest absolute Gasteiger partial charge is 0.167 e. The number of carbonyl (C=O) groups excluding carboxylic acids is 1. The maximum absolute atomic E-state index is 13.5. The van der Waals surface area contributed by atoms with E-state index in [-0.39, 0.29) is 12.0 Å². The first-order valence-electron chi connectivity index (χ1n) is 5.39. The number of hydrogen-bond acceptors (Lipinski definition) is 1. The fraction of sp³-hybridized carbons (Fsp3) is 0.0714. The molecule has 0 heterocycles. The number of carbonyl (C=O) groups is 1. The molecule has 0 amide bonds. The molecule has 0 aliphatic rings. The third kappa shape index (κ3) is 3.39. The minimum atomic E-state index is -0.727. The predicted octanol–water partition coefficient (Wildman–Crippen LogP) is 4.81. The molecule has 2 aromatic carbocycles. The van der Waals surface area contributed by atoms with E-state index >= 15 is 0 Å². The van der Waals surface area contributed by atoms with Crippen molar-refractivity contribution >= 4 is 33.3 Å². The summed E-state index contributed by atoms with van der Waals surface area (Å²) in [4.78, 5) is 12.0. The van der Waals surface area contributed by atoms with Crippen LogP contribution in [0, 0.1) is 11.6 Å². The van der Waals surface area contributed by atoms with Gasteiger partial charge < -0.3 is 0 Å². The van der Waals surface area contributed by atoms with Gasteiger partial charge in [-0.1, -0.05) is 33.6 Å². The van der Waals surface area contributed by atoms with Gasteiger partial charge in [-0.25, -0.2) is 8.78 Å². The molecule has 0 spiro atoms. The topological polar surface area (TPSA) is 17.1 Å². The molecule has 0 aliphatic carbocycles. The highest BCUT2D eigenvalue weighted by atomic mass is 79.9. The Labute approximate surface area is 122 Å². The number of hydrogen-bond donors (Lipinski definition) is 0. The number of Topliss-reactive ketones (excluding diaryl/α,β-unsaturated/α-hetero) is 1. The molecule has 2 aromatic rings. The molecule has 0 aromatic heterocycles. The van der Waals surface area contributed by atoms with Gasteiger partial charge in [-0.2, -0.15) is 0 Å². The van der Waals surface area contributed by atoms with Crippen molar-refractivity contribution < 1.29 is 13.6 Å². The lowest BCUT2D eigenvalue weighted by Crippen LogP contribution is -2.07. The monoisotopic (exact) mass is 344 g/mol. The maximum Gasteiger partial charge on any atom is 0.167 e. The fourth-order valence-electron chi connectivity index (χ4n) is 1.68. The zero-order valence-electron chi connectivity index (χ0n) is 9.59. The van der Waals surface area contributed by atoms with E-state index in [1.165, 1.54) is 12.1 Å². The van der Waals surface area contributed by atoms with Gasteiger partial charge in [0.05, 0.1) is 0 Å². The Morgan fingerprint density at radius 1 is 1.16 bits per heavy atom. The van der Waals surface area contributed by atoms with Crippen LogP contribution >= 0.6 is 27.5 Å². The lowest BCUT2D eigenvalue weighted by molar-refractivity contribution is 0.0990. The molecule has 0 aliphatic heterocycles. The minimum absolute atomic E-state index is 0.233. The molecular weight excluding hydrogens is 338 g/mol. The van der Waals surface area contributed by atoms with Crippen LogP contribution in [-0.4, -0.2) is 5.78 Å².